The van der Waals surface area contributed by atoms with Crippen molar-refractivity contribution in [2.75, 3.05) is 5.32 Å². The Labute approximate surface area is 139 Å². The van der Waals surface area contributed by atoms with E-state index in [1.165, 1.54) is 0 Å². The highest BCUT2D eigenvalue weighted by Crippen LogP contribution is 2.20. The van der Waals surface area contributed by atoms with Gasteiger partial charge in [0.1, 0.15) is 5.69 Å². The van der Waals surface area contributed by atoms with Crippen LogP contribution < -0.4 is 5.32 Å². The van der Waals surface area contributed by atoms with Crippen molar-refractivity contribution in [1.82, 2.24) is 9.55 Å². The Morgan fingerprint density at radius 2 is 1.83 bits per heavy atom. The zero-order valence-corrected chi connectivity index (χ0v) is 13.4. The fourth-order valence-electron chi connectivity index (χ4n) is 2.41. The number of hydrogen-bond donors (Lipinski definition) is 1. The third-order valence-electron chi connectivity index (χ3n) is 3.70. The van der Waals surface area contributed by atoms with Crippen LogP contribution in [0.3, 0.4) is 0 Å². The molecule has 1 aromatic heterocycles. The van der Waals surface area contributed by atoms with E-state index in [0.29, 0.717) is 16.4 Å². The van der Waals surface area contributed by atoms with Gasteiger partial charge in [0.05, 0.1) is 18.6 Å². The molecule has 1 atom stereocenters. The molecule has 1 amide bonds. The Hall–Kier alpha value is -2.59. The normalized spacial score (nSPS) is 11.9. The molecule has 3 aromatic rings. The van der Waals surface area contributed by atoms with Gasteiger partial charge >= 0.3 is 0 Å². The largest absolute Gasteiger partial charge is 0.321 e. The highest BCUT2D eigenvalue weighted by molar-refractivity contribution is 6.30. The van der Waals surface area contributed by atoms with Crippen LogP contribution in [0.25, 0.3) is 0 Å². The van der Waals surface area contributed by atoms with Gasteiger partial charge in [-0.2, -0.15) is 0 Å². The molecule has 5 heteroatoms. The van der Waals surface area contributed by atoms with E-state index >= 15 is 0 Å². The topological polar surface area (TPSA) is 46.9 Å². The van der Waals surface area contributed by atoms with Crippen molar-refractivity contribution in [1.29, 1.82) is 0 Å². The minimum Gasteiger partial charge on any atom is -0.321 e. The summed E-state index contributed by atoms with van der Waals surface area (Å²) in [6.07, 6.45) is 3.25. The maximum absolute atomic E-state index is 12.5. The van der Waals surface area contributed by atoms with Gasteiger partial charge in [-0.25, -0.2) is 4.98 Å². The van der Waals surface area contributed by atoms with Crippen molar-refractivity contribution in [3.63, 3.8) is 0 Å². The molecule has 0 spiro atoms. The molecule has 0 aliphatic heterocycles. The van der Waals surface area contributed by atoms with Gasteiger partial charge in [-0.1, -0.05) is 41.9 Å². The summed E-state index contributed by atoms with van der Waals surface area (Å²) in [4.78, 5) is 16.6. The van der Waals surface area contributed by atoms with E-state index in [4.69, 9.17) is 11.6 Å². The second-order valence-electron chi connectivity index (χ2n) is 5.23. The second kappa shape index (κ2) is 6.67. The molecule has 3 rings (SSSR count). The number of anilines is 1. The lowest BCUT2D eigenvalue weighted by Gasteiger charge is -2.16. The first-order valence-corrected chi connectivity index (χ1v) is 7.66. The van der Waals surface area contributed by atoms with Crippen molar-refractivity contribution in [2.45, 2.75) is 13.0 Å². The first kappa shape index (κ1) is 15.3. The first-order chi connectivity index (χ1) is 11.1. The van der Waals surface area contributed by atoms with Crippen LogP contribution in [0.5, 0.6) is 0 Å². The summed E-state index contributed by atoms with van der Waals surface area (Å²) in [6.45, 7) is 2.04. The van der Waals surface area contributed by atoms with Crippen LogP contribution in [0, 0.1) is 0 Å². The standard InChI is InChI=1S/C18H16ClN3O/c1-13(14-5-3-2-4-6-14)22-12-20-11-17(22)18(23)21-16-9-7-15(19)8-10-16/h2-13H,1H3,(H,21,23)/t13-/m1/s1. The first-order valence-electron chi connectivity index (χ1n) is 7.29. The molecule has 0 aliphatic carbocycles. The van der Waals surface area contributed by atoms with Gasteiger partial charge in [-0.3, -0.25) is 4.79 Å². The number of rotatable bonds is 4. The van der Waals surface area contributed by atoms with Crippen LogP contribution in [0.1, 0.15) is 29.0 Å². The summed E-state index contributed by atoms with van der Waals surface area (Å²) in [5, 5.41) is 3.49. The number of nitrogens with one attached hydrogen (secondary N) is 1. The number of imidazole rings is 1. The summed E-state index contributed by atoms with van der Waals surface area (Å²) in [7, 11) is 0. The van der Waals surface area contributed by atoms with Gasteiger partial charge < -0.3 is 9.88 Å². The number of halogens is 1. The van der Waals surface area contributed by atoms with E-state index < -0.39 is 0 Å². The lowest BCUT2D eigenvalue weighted by molar-refractivity contribution is 0.101. The van der Waals surface area contributed by atoms with E-state index in [1.54, 1.807) is 36.8 Å². The summed E-state index contributed by atoms with van der Waals surface area (Å²) in [5.41, 5.74) is 2.32. The molecule has 1 N–H and O–H groups in total. The zero-order valence-electron chi connectivity index (χ0n) is 12.6. The fraction of sp³-hybridized carbons (Fsp3) is 0.111. The Bertz CT molecular complexity index is 797. The number of carbonyl (C=O) groups excluding carboxylic acids is 1. The van der Waals surface area contributed by atoms with Gasteiger partial charge in [0.2, 0.25) is 0 Å². The van der Waals surface area contributed by atoms with E-state index in [2.05, 4.69) is 10.3 Å². The summed E-state index contributed by atoms with van der Waals surface area (Å²) < 4.78 is 1.86. The molecule has 0 radical (unpaired) electrons. The molecule has 0 unspecified atom stereocenters. The number of hydrogen-bond acceptors (Lipinski definition) is 2. The number of nitrogens with zero attached hydrogens (tertiary/aromatic N) is 2. The molecule has 116 valence electrons. The third-order valence-corrected chi connectivity index (χ3v) is 3.95. The molecule has 0 saturated heterocycles. The minimum atomic E-state index is -0.201. The van der Waals surface area contributed by atoms with Crippen LogP contribution in [0.2, 0.25) is 5.02 Å². The summed E-state index contributed by atoms with van der Waals surface area (Å²) in [6, 6.07) is 17.0. The molecular formula is C18H16ClN3O. The van der Waals surface area contributed by atoms with Crippen LogP contribution in [-0.4, -0.2) is 15.5 Å². The summed E-state index contributed by atoms with van der Waals surface area (Å²) in [5.74, 6) is -0.201. The Balaban J connectivity index is 1.83. The van der Waals surface area contributed by atoms with Gasteiger partial charge in [0.25, 0.3) is 5.91 Å². The average Bonchev–Trinajstić information content (AvgIpc) is 3.07. The van der Waals surface area contributed by atoms with E-state index in [9.17, 15) is 4.79 Å². The van der Waals surface area contributed by atoms with Crippen molar-refractivity contribution in [3.8, 4) is 0 Å². The Morgan fingerprint density at radius 1 is 1.13 bits per heavy atom. The lowest BCUT2D eigenvalue weighted by atomic mass is 10.1. The Morgan fingerprint density at radius 3 is 2.52 bits per heavy atom. The molecule has 0 fully saturated rings. The van der Waals surface area contributed by atoms with Crippen LogP contribution in [0.4, 0.5) is 5.69 Å². The molecular weight excluding hydrogens is 310 g/mol. The van der Waals surface area contributed by atoms with Gasteiger partial charge in [-0.15, -0.1) is 0 Å². The van der Waals surface area contributed by atoms with Crippen LogP contribution >= 0.6 is 11.6 Å². The molecule has 2 aromatic carbocycles. The number of amides is 1. The van der Waals surface area contributed by atoms with Crippen molar-refractivity contribution >= 4 is 23.2 Å². The zero-order chi connectivity index (χ0) is 16.2. The lowest BCUT2D eigenvalue weighted by Crippen LogP contribution is -2.19. The van der Waals surface area contributed by atoms with Crippen molar-refractivity contribution in [3.05, 3.63) is 83.4 Å². The van der Waals surface area contributed by atoms with E-state index in [-0.39, 0.29) is 11.9 Å². The molecule has 0 saturated carbocycles. The smallest absolute Gasteiger partial charge is 0.273 e. The SMILES string of the molecule is C[C@H](c1ccccc1)n1cncc1C(=O)Nc1ccc(Cl)cc1. The molecule has 23 heavy (non-hydrogen) atoms. The van der Waals surface area contributed by atoms with Gasteiger partial charge in [0.15, 0.2) is 0 Å². The monoisotopic (exact) mass is 325 g/mol. The number of carbonyl (C=O) groups is 1. The molecule has 0 aliphatic rings. The van der Waals surface area contributed by atoms with Gasteiger partial charge in [-0.05, 0) is 36.8 Å². The molecule has 0 bridgehead atoms. The van der Waals surface area contributed by atoms with Crippen molar-refractivity contribution < 1.29 is 4.79 Å². The van der Waals surface area contributed by atoms with Gasteiger partial charge in [0, 0.05) is 10.7 Å². The predicted molar refractivity (Wildman–Crippen MR) is 91.9 cm³/mol. The van der Waals surface area contributed by atoms with Crippen LogP contribution in [-0.2, 0) is 0 Å². The molecule has 4 nitrogen and oxygen atoms in total. The quantitative estimate of drug-likeness (QED) is 0.773. The predicted octanol–water partition coefficient (Wildman–Crippen LogP) is 4.40. The minimum absolute atomic E-state index is 0.0182. The fourth-order valence-corrected chi connectivity index (χ4v) is 2.54. The Kier molecular flexibility index (Phi) is 4.44. The average molecular weight is 326 g/mol. The highest BCUT2D eigenvalue weighted by Gasteiger charge is 2.17. The van der Waals surface area contributed by atoms with Crippen LogP contribution in [0.15, 0.2) is 67.1 Å². The maximum atomic E-state index is 12.5. The highest BCUT2D eigenvalue weighted by atomic mass is 35.5. The summed E-state index contributed by atoms with van der Waals surface area (Å²) >= 11 is 5.86. The third kappa shape index (κ3) is 3.43. The van der Waals surface area contributed by atoms with E-state index in [0.717, 1.165) is 5.56 Å². The molecule has 1 heterocycles. The second-order valence-corrected chi connectivity index (χ2v) is 5.67. The number of benzene rings is 2. The number of aromatic nitrogens is 2. The van der Waals surface area contributed by atoms with E-state index in [1.807, 2.05) is 41.8 Å². The maximum Gasteiger partial charge on any atom is 0.273 e. The van der Waals surface area contributed by atoms with Crippen molar-refractivity contribution in [2.24, 2.45) is 0 Å².